The van der Waals surface area contributed by atoms with Crippen molar-refractivity contribution < 1.29 is 9.90 Å². The molecule has 5 rings (SSSR count). The highest BCUT2D eigenvalue weighted by Gasteiger charge is 2.37. The second-order valence-electron chi connectivity index (χ2n) is 12.0. The summed E-state index contributed by atoms with van der Waals surface area (Å²) >= 11 is 0. The van der Waals surface area contributed by atoms with Gasteiger partial charge in [-0.15, -0.1) is 0 Å². The van der Waals surface area contributed by atoms with Crippen molar-refractivity contribution in [3.63, 3.8) is 0 Å². The molecule has 1 aromatic carbocycles. The van der Waals surface area contributed by atoms with E-state index in [-0.39, 0.29) is 12.1 Å². The fourth-order valence-corrected chi connectivity index (χ4v) is 7.79. The minimum atomic E-state index is -0.153. The Hall–Kier alpha value is -1.39. The van der Waals surface area contributed by atoms with Crippen molar-refractivity contribution >= 4 is 5.91 Å². The van der Waals surface area contributed by atoms with E-state index >= 15 is 0 Å². The predicted octanol–water partition coefficient (Wildman–Crippen LogP) is 6.27. The van der Waals surface area contributed by atoms with E-state index < -0.39 is 0 Å². The standard InChI is InChI=1S/C31H48N2O2/c34-29-18-10-8-14-26(29)23-32(27-15-5-2-6-16-27)21-20-30(35)33-22-19-24-11-7-9-17-28(24)31(33)25-12-3-1-4-13-25/h7,9,11,17,25-27,29,31,34H,1-6,8,10,12-16,18-23H2/t26-,29?,31?/m0/s1. The molecule has 35 heavy (non-hydrogen) atoms. The van der Waals surface area contributed by atoms with Crippen LogP contribution >= 0.6 is 0 Å². The molecule has 1 aliphatic heterocycles. The lowest BCUT2D eigenvalue weighted by Crippen LogP contribution is -2.47. The zero-order valence-corrected chi connectivity index (χ0v) is 21.9. The number of nitrogens with zero attached hydrogens (tertiary/aromatic N) is 2. The number of benzene rings is 1. The highest BCUT2D eigenvalue weighted by Crippen LogP contribution is 2.42. The Bertz CT molecular complexity index is 814. The van der Waals surface area contributed by atoms with Crippen LogP contribution in [0.15, 0.2) is 24.3 Å². The van der Waals surface area contributed by atoms with E-state index in [9.17, 15) is 9.90 Å². The van der Waals surface area contributed by atoms with E-state index in [0.717, 1.165) is 38.9 Å². The van der Waals surface area contributed by atoms with Gasteiger partial charge in [0.15, 0.2) is 0 Å². The molecule has 1 heterocycles. The quantitative estimate of drug-likeness (QED) is 0.500. The van der Waals surface area contributed by atoms with E-state index in [0.29, 0.717) is 30.2 Å². The summed E-state index contributed by atoms with van der Waals surface area (Å²) in [5.41, 5.74) is 2.88. The Morgan fingerprint density at radius 2 is 1.57 bits per heavy atom. The van der Waals surface area contributed by atoms with Crippen molar-refractivity contribution in [1.82, 2.24) is 9.80 Å². The van der Waals surface area contributed by atoms with Crippen LogP contribution in [-0.4, -0.2) is 52.6 Å². The predicted molar refractivity (Wildman–Crippen MR) is 142 cm³/mol. The van der Waals surface area contributed by atoms with Gasteiger partial charge in [-0.05, 0) is 67.9 Å². The zero-order valence-electron chi connectivity index (χ0n) is 21.9. The highest BCUT2D eigenvalue weighted by molar-refractivity contribution is 5.77. The summed E-state index contributed by atoms with van der Waals surface area (Å²) in [5, 5.41) is 10.7. The summed E-state index contributed by atoms with van der Waals surface area (Å²) in [6, 6.07) is 9.79. The van der Waals surface area contributed by atoms with E-state index in [4.69, 9.17) is 0 Å². The van der Waals surface area contributed by atoms with Crippen LogP contribution in [0.25, 0.3) is 0 Å². The van der Waals surface area contributed by atoms with Crippen LogP contribution in [0.4, 0.5) is 0 Å². The van der Waals surface area contributed by atoms with Crippen molar-refractivity contribution in [3.05, 3.63) is 35.4 Å². The number of hydrogen-bond donors (Lipinski definition) is 1. The maximum Gasteiger partial charge on any atom is 0.224 e. The Kier molecular flexibility index (Phi) is 8.83. The maximum absolute atomic E-state index is 13.9. The molecule has 1 aromatic rings. The van der Waals surface area contributed by atoms with Gasteiger partial charge in [0, 0.05) is 32.1 Å². The first-order valence-corrected chi connectivity index (χ1v) is 15.0. The molecule has 0 bridgehead atoms. The van der Waals surface area contributed by atoms with Crippen molar-refractivity contribution in [1.29, 1.82) is 0 Å². The first-order valence-electron chi connectivity index (χ1n) is 15.0. The minimum Gasteiger partial charge on any atom is -0.393 e. The van der Waals surface area contributed by atoms with Crippen LogP contribution in [0.3, 0.4) is 0 Å². The van der Waals surface area contributed by atoms with Crippen LogP contribution in [-0.2, 0) is 11.2 Å². The monoisotopic (exact) mass is 480 g/mol. The van der Waals surface area contributed by atoms with Crippen LogP contribution in [0.1, 0.15) is 113 Å². The third kappa shape index (κ3) is 6.13. The summed E-state index contributed by atoms with van der Waals surface area (Å²) in [5.74, 6) is 1.36. The summed E-state index contributed by atoms with van der Waals surface area (Å²) in [6.45, 7) is 2.72. The molecule has 4 heteroatoms. The molecule has 1 N–H and O–H groups in total. The summed E-state index contributed by atoms with van der Waals surface area (Å²) in [6.07, 6.45) is 19.0. The van der Waals surface area contributed by atoms with E-state index in [2.05, 4.69) is 34.1 Å². The number of carbonyl (C=O) groups excluding carboxylic acids is 1. The Morgan fingerprint density at radius 1 is 0.886 bits per heavy atom. The van der Waals surface area contributed by atoms with Crippen LogP contribution < -0.4 is 0 Å². The van der Waals surface area contributed by atoms with Crippen LogP contribution in [0.5, 0.6) is 0 Å². The molecule has 3 saturated carbocycles. The highest BCUT2D eigenvalue weighted by atomic mass is 16.3. The average Bonchev–Trinajstić information content (AvgIpc) is 2.92. The van der Waals surface area contributed by atoms with Crippen LogP contribution in [0, 0.1) is 11.8 Å². The van der Waals surface area contributed by atoms with E-state index in [1.807, 2.05) is 0 Å². The molecule has 1 amide bonds. The number of aliphatic hydroxyl groups excluding tert-OH is 1. The molecule has 0 saturated heterocycles. The van der Waals surface area contributed by atoms with Gasteiger partial charge >= 0.3 is 0 Å². The average molecular weight is 481 g/mol. The Morgan fingerprint density at radius 3 is 2.34 bits per heavy atom. The summed E-state index contributed by atoms with van der Waals surface area (Å²) in [7, 11) is 0. The maximum atomic E-state index is 13.9. The fraction of sp³-hybridized carbons (Fsp3) is 0.774. The number of rotatable bonds is 7. The van der Waals surface area contributed by atoms with Gasteiger partial charge in [-0.2, -0.15) is 0 Å². The van der Waals surface area contributed by atoms with Gasteiger partial charge in [0.2, 0.25) is 5.91 Å². The number of hydrogen-bond acceptors (Lipinski definition) is 3. The number of amides is 1. The molecule has 0 radical (unpaired) electrons. The van der Waals surface area contributed by atoms with E-state index in [1.165, 1.54) is 88.2 Å². The molecule has 0 aromatic heterocycles. The third-order valence-electron chi connectivity index (χ3n) is 9.79. The van der Waals surface area contributed by atoms with Gasteiger partial charge in [-0.1, -0.05) is 75.6 Å². The topological polar surface area (TPSA) is 43.8 Å². The van der Waals surface area contributed by atoms with Gasteiger partial charge in [-0.25, -0.2) is 0 Å². The first kappa shape index (κ1) is 25.3. The summed E-state index contributed by atoms with van der Waals surface area (Å²) < 4.78 is 0. The van der Waals surface area contributed by atoms with Gasteiger partial charge in [0.05, 0.1) is 12.1 Å². The van der Waals surface area contributed by atoms with Crippen molar-refractivity contribution in [2.24, 2.45) is 11.8 Å². The molecule has 194 valence electrons. The van der Waals surface area contributed by atoms with Gasteiger partial charge in [-0.3, -0.25) is 9.69 Å². The Labute approximate surface area is 213 Å². The molecule has 4 aliphatic rings. The lowest BCUT2D eigenvalue weighted by Gasteiger charge is -2.44. The normalized spacial score (nSPS) is 28.7. The first-order chi connectivity index (χ1) is 17.2. The molecule has 3 fully saturated rings. The molecule has 4 nitrogen and oxygen atoms in total. The number of carbonyl (C=O) groups is 1. The van der Waals surface area contributed by atoms with Crippen molar-refractivity contribution in [2.45, 2.75) is 121 Å². The molecule has 0 spiro atoms. The molecular formula is C31H48N2O2. The Balaban J connectivity index is 1.28. The van der Waals surface area contributed by atoms with Gasteiger partial charge in [0.25, 0.3) is 0 Å². The van der Waals surface area contributed by atoms with Crippen LogP contribution in [0.2, 0.25) is 0 Å². The fourth-order valence-electron chi connectivity index (χ4n) is 7.79. The second kappa shape index (κ2) is 12.2. The van der Waals surface area contributed by atoms with Gasteiger partial charge in [0.1, 0.15) is 0 Å². The minimum absolute atomic E-state index is 0.153. The number of fused-ring (bicyclic) bond motifs is 1. The molecular weight excluding hydrogens is 432 g/mol. The smallest absolute Gasteiger partial charge is 0.224 e. The lowest BCUT2D eigenvalue weighted by atomic mass is 9.77. The molecule has 3 atom stereocenters. The largest absolute Gasteiger partial charge is 0.393 e. The number of aliphatic hydroxyl groups is 1. The lowest BCUT2D eigenvalue weighted by molar-refractivity contribution is -0.136. The van der Waals surface area contributed by atoms with Crippen molar-refractivity contribution in [2.75, 3.05) is 19.6 Å². The zero-order chi connectivity index (χ0) is 24.0. The van der Waals surface area contributed by atoms with E-state index in [1.54, 1.807) is 0 Å². The summed E-state index contributed by atoms with van der Waals surface area (Å²) in [4.78, 5) is 18.8. The van der Waals surface area contributed by atoms with Crippen molar-refractivity contribution in [3.8, 4) is 0 Å². The molecule has 3 aliphatic carbocycles. The molecule has 2 unspecified atom stereocenters. The SMILES string of the molecule is O=C(CCN(C[C@@H]1CCCCC1O)C1CCCCC1)N1CCc2ccccc2C1C1CCCCC1. The van der Waals surface area contributed by atoms with Gasteiger partial charge < -0.3 is 10.0 Å². The third-order valence-corrected chi connectivity index (χ3v) is 9.79. The second-order valence-corrected chi connectivity index (χ2v) is 12.0.